The van der Waals surface area contributed by atoms with E-state index < -0.39 is 56.4 Å². The highest BCUT2D eigenvalue weighted by molar-refractivity contribution is 7.92. The van der Waals surface area contributed by atoms with Crippen molar-refractivity contribution in [1.82, 2.24) is 10.6 Å². The van der Waals surface area contributed by atoms with Crippen LogP contribution in [0, 0.1) is 17.6 Å². The van der Waals surface area contributed by atoms with E-state index in [1.54, 1.807) is 0 Å². The van der Waals surface area contributed by atoms with Crippen LogP contribution < -0.4 is 16.4 Å². The molecule has 1 amide bonds. The third-order valence-corrected chi connectivity index (χ3v) is 9.42. The van der Waals surface area contributed by atoms with Gasteiger partial charge in [0.1, 0.15) is 11.6 Å². The molecule has 0 saturated carbocycles. The molecule has 2 rings (SSSR count). The smallest absolute Gasteiger partial charge is 0.225 e. The molecule has 0 saturated heterocycles. The molecule has 2 aromatic rings. The summed E-state index contributed by atoms with van der Waals surface area (Å²) in [5.41, 5.74) is 8.30. The van der Waals surface area contributed by atoms with Gasteiger partial charge in [0, 0.05) is 25.7 Å². The van der Waals surface area contributed by atoms with Crippen molar-refractivity contribution in [1.29, 1.82) is 0 Å². The lowest BCUT2D eigenvalue weighted by atomic mass is 9.99. The summed E-state index contributed by atoms with van der Waals surface area (Å²) < 4.78 is 54.0. The number of rotatable bonds is 18. The van der Waals surface area contributed by atoms with E-state index in [1.807, 2.05) is 32.0 Å². The van der Waals surface area contributed by atoms with E-state index in [2.05, 4.69) is 23.6 Å². The van der Waals surface area contributed by atoms with E-state index in [9.17, 15) is 27.1 Å². The third kappa shape index (κ3) is 10.9. The zero-order valence-corrected chi connectivity index (χ0v) is 24.7. The maximum Gasteiger partial charge on any atom is 0.225 e. The van der Waals surface area contributed by atoms with Gasteiger partial charge < -0.3 is 21.5 Å². The summed E-state index contributed by atoms with van der Waals surface area (Å²) >= 11 is 0. The van der Waals surface area contributed by atoms with Gasteiger partial charge in [-0.2, -0.15) is 0 Å². The Balaban J connectivity index is 2.18. The predicted molar refractivity (Wildman–Crippen MR) is 155 cm³/mol. The predicted octanol–water partition coefficient (Wildman–Crippen LogP) is 3.66. The van der Waals surface area contributed by atoms with E-state index >= 15 is 0 Å². The summed E-state index contributed by atoms with van der Waals surface area (Å²) in [6, 6.07) is 10.1. The number of aliphatic hydroxyl groups excluding tert-OH is 1. The Morgan fingerprint density at radius 2 is 1.60 bits per heavy atom. The molecular formula is C30H45F2N3O4S. The normalized spacial score (nSPS) is 14.2. The highest BCUT2D eigenvalue weighted by Crippen LogP contribution is 2.19. The van der Waals surface area contributed by atoms with Crippen molar-refractivity contribution in [2.24, 2.45) is 11.7 Å². The zero-order chi connectivity index (χ0) is 29.7. The molecule has 0 heterocycles. The summed E-state index contributed by atoms with van der Waals surface area (Å²) in [6.07, 6.45) is 2.13. The number of benzene rings is 2. The highest BCUT2D eigenvalue weighted by atomic mass is 32.2. The lowest BCUT2D eigenvalue weighted by Gasteiger charge is -2.27. The molecule has 3 atom stereocenters. The number of nitrogens with one attached hydrogen (secondary N) is 2. The molecule has 0 radical (unpaired) electrons. The van der Waals surface area contributed by atoms with Gasteiger partial charge in [0.25, 0.3) is 0 Å². The number of amides is 1. The monoisotopic (exact) mass is 581 g/mol. The van der Waals surface area contributed by atoms with E-state index in [4.69, 9.17) is 5.73 Å². The summed E-state index contributed by atoms with van der Waals surface area (Å²) in [5.74, 6) is -3.58. The van der Waals surface area contributed by atoms with E-state index in [1.165, 1.54) is 5.56 Å². The highest BCUT2D eigenvalue weighted by Gasteiger charge is 2.32. The van der Waals surface area contributed by atoms with Crippen LogP contribution in [-0.2, 0) is 34.0 Å². The molecule has 7 nitrogen and oxygen atoms in total. The summed E-state index contributed by atoms with van der Waals surface area (Å²) in [5, 5.41) is 16.4. The number of aliphatic hydroxyl groups is 1. The van der Waals surface area contributed by atoms with Gasteiger partial charge in [-0.15, -0.1) is 0 Å². The lowest BCUT2D eigenvalue weighted by Crippen LogP contribution is -2.52. The number of carbonyl (C=O) groups excluding carboxylic acids is 1. The number of hydrogen-bond acceptors (Lipinski definition) is 6. The minimum Gasteiger partial charge on any atom is -0.390 e. The average molecular weight is 582 g/mol. The van der Waals surface area contributed by atoms with Gasteiger partial charge >= 0.3 is 0 Å². The second-order valence-electron chi connectivity index (χ2n) is 10.4. The second kappa shape index (κ2) is 16.8. The van der Waals surface area contributed by atoms with Crippen LogP contribution in [0.4, 0.5) is 8.78 Å². The molecule has 2 aromatic carbocycles. The van der Waals surface area contributed by atoms with Gasteiger partial charge in [-0.1, -0.05) is 57.9 Å². The van der Waals surface area contributed by atoms with Gasteiger partial charge in [-0.3, -0.25) is 4.79 Å². The molecule has 0 aliphatic carbocycles. The Labute approximate surface area is 237 Å². The maximum atomic E-state index is 13.9. The molecule has 10 heteroatoms. The Kier molecular flexibility index (Phi) is 14.2. The minimum atomic E-state index is -3.59. The topological polar surface area (TPSA) is 122 Å². The fourth-order valence-electron chi connectivity index (χ4n) is 4.85. The Morgan fingerprint density at radius 3 is 2.17 bits per heavy atom. The number of nitrogens with two attached hydrogens (primary N) is 1. The molecule has 0 fully saturated rings. The van der Waals surface area contributed by atoms with Gasteiger partial charge in [-0.25, -0.2) is 17.2 Å². The standard InChI is InChI=1S/C30H45F2N3O4S/c1-4-8-27(9-5-2)40(38,39)20-24(17-33)30(37)35-28(15-23-13-25(31)16-26(32)14-23)29(36)19-34-18-22-11-7-10-21(6-3)12-22/h7,10-14,16,24,27-29,34,36H,4-6,8-9,15,17-20,33H2,1-3H3,(H,35,37)/t24?,28-,29+/m0/s1. The van der Waals surface area contributed by atoms with Crippen LogP contribution in [0.2, 0.25) is 0 Å². The van der Waals surface area contributed by atoms with Gasteiger partial charge in [0.15, 0.2) is 9.84 Å². The van der Waals surface area contributed by atoms with Crippen molar-refractivity contribution in [3.63, 3.8) is 0 Å². The summed E-state index contributed by atoms with van der Waals surface area (Å²) in [7, 11) is -3.59. The van der Waals surface area contributed by atoms with Crippen molar-refractivity contribution >= 4 is 15.7 Å². The van der Waals surface area contributed by atoms with Crippen molar-refractivity contribution < 1.29 is 27.1 Å². The quantitative estimate of drug-likeness (QED) is 0.213. The number of hydrogen-bond donors (Lipinski definition) is 4. The molecule has 0 bridgehead atoms. The number of sulfone groups is 1. The van der Waals surface area contributed by atoms with Gasteiger partial charge in [0.2, 0.25) is 5.91 Å². The summed E-state index contributed by atoms with van der Waals surface area (Å²) in [6.45, 7) is 6.26. The minimum absolute atomic E-state index is 0.0626. The van der Waals surface area contributed by atoms with Crippen LogP contribution in [0.3, 0.4) is 0 Å². The average Bonchev–Trinajstić information content (AvgIpc) is 2.90. The van der Waals surface area contributed by atoms with Crippen molar-refractivity contribution in [3.8, 4) is 0 Å². The van der Waals surface area contributed by atoms with E-state index in [0.717, 1.165) is 30.2 Å². The number of carbonyl (C=O) groups is 1. The SMILES string of the molecule is CCCC(CCC)S(=O)(=O)CC(CN)C(=O)N[C@@H](Cc1cc(F)cc(F)c1)[C@H](O)CNCc1cccc(CC)c1. The van der Waals surface area contributed by atoms with Crippen LogP contribution in [0.1, 0.15) is 63.1 Å². The fourth-order valence-corrected chi connectivity index (χ4v) is 7.16. The first-order valence-corrected chi connectivity index (χ1v) is 15.9. The number of aryl methyl sites for hydroxylation is 1. The number of halogens is 2. The Morgan fingerprint density at radius 1 is 0.975 bits per heavy atom. The molecule has 0 spiro atoms. The molecule has 224 valence electrons. The van der Waals surface area contributed by atoms with Crippen LogP contribution in [-0.4, -0.2) is 55.7 Å². The van der Waals surface area contributed by atoms with Gasteiger partial charge in [-0.05, 0) is 54.5 Å². The molecule has 0 aromatic heterocycles. The van der Waals surface area contributed by atoms with E-state index in [-0.39, 0.29) is 25.1 Å². The zero-order valence-electron chi connectivity index (χ0n) is 23.8. The maximum absolute atomic E-state index is 13.9. The molecule has 0 aliphatic rings. The first kappa shape index (κ1) is 33.8. The Hall–Kier alpha value is -2.40. The third-order valence-electron chi connectivity index (χ3n) is 7.07. The first-order chi connectivity index (χ1) is 19.0. The largest absolute Gasteiger partial charge is 0.390 e. The van der Waals surface area contributed by atoms with Gasteiger partial charge in [0.05, 0.1) is 29.1 Å². The van der Waals surface area contributed by atoms with E-state index in [0.29, 0.717) is 32.2 Å². The van der Waals surface area contributed by atoms with Crippen LogP contribution in [0.15, 0.2) is 42.5 Å². The van der Waals surface area contributed by atoms with Crippen molar-refractivity contribution in [3.05, 3.63) is 70.8 Å². The second-order valence-corrected chi connectivity index (χ2v) is 12.8. The van der Waals surface area contributed by atoms with Crippen molar-refractivity contribution in [2.75, 3.05) is 18.8 Å². The molecule has 1 unspecified atom stereocenters. The molecule has 5 N–H and O–H groups in total. The molecule has 40 heavy (non-hydrogen) atoms. The Bertz CT molecular complexity index is 1150. The lowest BCUT2D eigenvalue weighted by molar-refractivity contribution is -0.125. The van der Waals surface area contributed by atoms with Crippen LogP contribution in [0.25, 0.3) is 0 Å². The molecular weight excluding hydrogens is 536 g/mol. The van der Waals surface area contributed by atoms with Crippen molar-refractivity contribution in [2.45, 2.75) is 83.2 Å². The van der Waals surface area contributed by atoms with Crippen LogP contribution >= 0.6 is 0 Å². The fraction of sp³-hybridized carbons (Fsp3) is 0.567. The molecule has 0 aliphatic heterocycles. The summed E-state index contributed by atoms with van der Waals surface area (Å²) in [4.78, 5) is 13.3. The first-order valence-electron chi connectivity index (χ1n) is 14.2. The van der Waals surface area contributed by atoms with Crippen LogP contribution in [0.5, 0.6) is 0 Å².